The molecule has 6 heteroatoms. The van der Waals surface area contributed by atoms with Crippen molar-refractivity contribution in [2.24, 2.45) is 0 Å². The highest BCUT2D eigenvalue weighted by atomic mass is 16.6. The average molecular weight is 956 g/mol. The van der Waals surface area contributed by atoms with Crippen LogP contribution >= 0.6 is 0 Å². The fourth-order valence-corrected chi connectivity index (χ4v) is 8.86. The molecular weight excluding hydrogens is 841 g/mol. The summed E-state index contributed by atoms with van der Waals surface area (Å²) < 4.78 is 16.9. The maximum absolute atomic E-state index is 12.9. The van der Waals surface area contributed by atoms with Crippen molar-refractivity contribution >= 4 is 17.9 Å². The molecule has 0 aliphatic heterocycles. The van der Waals surface area contributed by atoms with Crippen LogP contribution in [0.1, 0.15) is 323 Å². The summed E-state index contributed by atoms with van der Waals surface area (Å²) in [5, 5.41) is 0. The van der Waals surface area contributed by atoms with Gasteiger partial charge in [0.25, 0.3) is 0 Å². The Morgan fingerprint density at radius 1 is 0.294 bits per heavy atom. The molecular formula is C62H114O6. The fraction of sp³-hybridized carbons (Fsp3) is 0.855. The summed E-state index contributed by atoms with van der Waals surface area (Å²) >= 11 is 0. The smallest absolute Gasteiger partial charge is 0.306 e. The molecule has 0 fully saturated rings. The normalized spacial score (nSPS) is 12.2. The van der Waals surface area contributed by atoms with Gasteiger partial charge in [0.15, 0.2) is 6.10 Å². The highest BCUT2D eigenvalue weighted by molar-refractivity contribution is 5.71. The third kappa shape index (κ3) is 54.6. The molecule has 0 aliphatic rings. The molecule has 6 nitrogen and oxygen atoms in total. The van der Waals surface area contributed by atoms with Crippen molar-refractivity contribution in [3.63, 3.8) is 0 Å². The number of rotatable bonds is 55. The Morgan fingerprint density at radius 3 is 0.853 bits per heavy atom. The summed E-state index contributed by atoms with van der Waals surface area (Å²) in [6, 6.07) is 0. The maximum atomic E-state index is 12.9. The molecule has 0 saturated heterocycles. The zero-order valence-electron chi connectivity index (χ0n) is 45.6. The molecule has 0 rings (SSSR count). The molecule has 0 saturated carbocycles. The molecule has 0 amide bonds. The van der Waals surface area contributed by atoms with E-state index >= 15 is 0 Å². The van der Waals surface area contributed by atoms with E-state index in [4.69, 9.17) is 14.2 Å². The Morgan fingerprint density at radius 2 is 0.529 bits per heavy atom. The van der Waals surface area contributed by atoms with Gasteiger partial charge in [0.05, 0.1) is 0 Å². The SMILES string of the molecule is CCCCC/C=C\C/C=C\C/C=C\CCCCCCCCC(=O)OCC(COC(=O)CCCCCCCCCCCCCCCCC)OC(=O)CCCCCCCCCCCCCCCCCC. The maximum Gasteiger partial charge on any atom is 0.306 e. The van der Waals surface area contributed by atoms with Crippen molar-refractivity contribution in [1.29, 1.82) is 0 Å². The van der Waals surface area contributed by atoms with Crippen LogP contribution in [0.15, 0.2) is 36.5 Å². The van der Waals surface area contributed by atoms with Crippen molar-refractivity contribution < 1.29 is 28.6 Å². The molecule has 0 aromatic carbocycles. The number of esters is 3. The van der Waals surface area contributed by atoms with E-state index in [1.807, 2.05) is 0 Å². The highest BCUT2D eigenvalue weighted by Gasteiger charge is 2.19. The first-order valence-electron chi connectivity index (χ1n) is 30.0. The molecule has 0 heterocycles. The monoisotopic (exact) mass is 955 g/mol. The minimum absolute atomic E-state index is 0.0711. The third-order valence-corrected chi connectivity index (χ3v) is 13.4. The second-order valence-electron chi connectivity index (χ2n) is 20.3. The molecule has 0 radical (unpaired) electrons. The Bertz CT molecular complexity index is 1140. The second-order valence-corrected chi connectivity index (χ2v) is 20.3. The first kappa shape index (κ1) is 65.6. The van der Waals surface area contributed by atoms with Crippen molar-refractivity contribution in [2.75, 3.05) is 13.2 Å². The van der Waals surface area contributed by atoms with Crippen LogP contribution in [0.25, 0.3) is 0 Å². The van der Waals surface area contributed by atoms with Gasteiger partial charge in [-0.2, -0.15) is 0 Å². The second kappa shape index (κ2) is 57.2. The zero-order chi connectivity index (χ0) is 49.3. The van der Waals surface area contributed by atoms with Crippen LogP contribution in [0.5, 0.6) is 0 Å². The summed E-state index contributed by atoms with van der Waals surface area (Å²) in [6.07, 6.45) is 68.4. The van der Waals surface area contributed by atoms with Gasteiger partial charge in [0, 0.05) is 19.3 Å². The van der Waals surface area contributed by atoms with Crippen molar-refractivity contribution in [1.82, 2.24) is 0 Å². The lowest BCUT2D eigenvalue weighted by Crippen LogP contribution is -2.30. The van der Waals surface area contributed by atoms with Crippen LogP contribution in [0.2, 0.25) is 0 Å². The van der Waals surface area contributed by atoms with Gasteiger partial charge in [-0.05, 0) is 57.8 Å². The van der Waals surface area contributed by atoms with Crippen LogP contribution in [0.3, 0.4) is 0 Å². The number of carbonyl (C=O) groups is 3. The molecule has 1 atom stereocenters. The summed E-state index contributed by atoms with van der Waals surface area (Å²) in [5.41, 5.74) is 0. The largest absolute Gasteiger partial charge is 0.462 e. The van der Waals surface area contributed by atoms with Gasteiger partial charge < -0.3 is 14.2 Å². The van der Waals surface area contributed by atoms with E-state index in [0.29, 0.717) is 19.3 Å². The number of hydrogen-bond donors (Lipinski definition) is 0. The predicted molar refractivity (Wildman–Crippen MR) is 293 cm³/mol. The van der Waals surface area contributed by atoms with Crippen LogP contribution in [0.4, 0.5) is 0 Å². The minimum Gasteiger partial charge on any atom is -0.462 e. The molecule has 0 bridgehead atoms. The van der Waals surface area contributed by atoms with Gasteiger partial charge in [-0.3, -0.25) is 14.4 Å². The standard InChI is InChI=1S/C62H114O6/c1-4-7-10-13-16-19-22-25-28-30-31-32-35-37-40-43-46-49-52-55-61(64)67-58-59(57-66-60(63)54-51-48-45-42-39-36-33-27-24-21-18-15-12-9-6-3)68-62(65)56-53-50-47-44-41-38-34-29-26-23-20-17-14-11-8-5-2/h16,19,25,28,31-32,59H,4-15,17-18,20-24,26-27,29-30,33-58H2,1-3H3/b19-16-,28-25-,32-31-. The first-order valence-corrected chi connectivity index (χ1v) is 30.0. The number of carbonyl (C=O) groups excluding carboxylic acids is 3. The predicted octanol–water partition coefficient (Wildman–Crippen LogP) is 20.0. The molecule has 0 aromatic rings. The Kier molecular flexibility index (Phi) is 55.2. The number of hydrogen-bond acceptors (Lipinski definition) is 6. The number of allylic oxidation sites excluding steroid dienone is 6. The van der Waals surface area contributed by atoms with E-state index in [9.17, 15) is 14.4 Å². The van der Waals surface area contributed by atoms with E-state index in [-0.39, 0.29) is 31.1 Å². The topological polar surface area (TPSA) is 78.9 Å². The quantitative estimate of drug-likeness (QED) is 0.0262. The van der Waals surface area contributed by atoms with Crippen LogP contribution in [-0.4, -0.2) is 37.2 Å². The summed E-state index contributed by atoms with van der Waals surface area (Å²) in [7, 11) is 0. The first-order chi connectivity index (χ1) is 33.5. The number of ether oxygens (including phenoxy) is 3. The van der Waals surface area contributed by atoms with E-state index in [1.54, 1.807) is 0 Å². The summed E-state index contributed by atoms with van der Waals surface area (Å²) in [6.45, 7) is 6.65. The zero-order valence-corrected chi connectivity index (χ0v) is 45.6. The molecule has 68 heavy (non-hydrogen) atoms. The van der Waals surface area contributed by atoms with Crippen LogP contribution < -0.4 is 0 Å². The Balaban J connectivity index is 4.35. The van der Waals surface area contributed by atoms with Crippen molar-refractivity contribution in [3.8, 4) is 0 Å². The van der Waals surface area contributed by atoms with Crippen LogP contribution in [-0.2, 0) is 28.6 Å². The molecule has 0 aromatic heterocycles. The number of unbranched alkanes of at least 4 members (excludes halogenated alkanes) is 38. The van der Waals surface area contributed by atoms with Gasteiger partial charge in [-0.1, -0.05) is 282 Å². The van der Waals surface area contributed by atoms with Gasteiger partial charge >= 0.3 is 17.9 Å². The molecule has 0 N–H and O–H groups in total. The Labute approximate surface area is 423 Å². The lowest BCUT2D eigenvalue weighted by atomic mass is 10.0. The molecule has 1 unspecified atom stereocenters. The van der Waals surface area contributed by atoms with E-state index in [2.05, 4.69) is 57.2 Å². The summed E-state index contributed by atoms with van der Waals surface area (Å²) in [4.78, 5) is 38.2. The molecule has 0 spiro atoms. The van der Waals surface area contributed by atoms with Crippen molar-refractivity contribution in [3.05, 3.63) is 36.5 Å². The fourth-order valence-electron chi connectivity index (χ4n) is 8.86. The molecule has 398 valence electrons. The van der Waals surface area contributed by atoms with Gasteiger partial charge in [0.2, 0.25) is 0 Å². The van der Waals surface area contributed by atoms with Gasteiger partial charge in [0.1, 0.15) is 13.2 Å². The van der Waals surface area contributed by atoms with Crippen LogP contribution in [0, 0.1) is 0 Å². The lowest BCUT2D eigenvalue weighted by molar-refractivity contribution is -0.167. The molecule has 0 aliphatic carbocycles. The average Bonchev–Trinajstić information content (AvgIpc) is 3.34. The minimum atomic E-state index is -0.773. The highest BCUT2D eigenvalue weighted by Crippen LogP contribution is 2.17. The lowest BCUT2D eigenvalue weighted by Gasteiger charge is -2.18. The van der Waals surface area contributed by atoms with Gasteiger partial charge in [-0.15, -0.1) is 0 Å². The van der Waals surface area contributed by atoms with E-state index in [1.165, 1.54) is 205 Å². The Hall–Kier alpha value is -2.37. The summed E-state index contributed by atoms with van der Waals surface area (Å²) in [5.74, 6) is -0.862. The van der Waals surface area contributed by atoms with Gasteiger partial charge in [-0.25, -0.2) is 0 Å². The van der Waals surface area contributed by atoms with E-state index in [0.717, 1.165) is 77.0 Å². The third-order valence-electron chi connectivity index (χ3n) is 13.4. The van der Waals surface area contributed by atoms with Crippen molar-refractivity contribution in [2.45, 2.75) is 329 Å². The van der Waals surface area contributed by atoms with E-state index < -0.39 is 6.10 Å².